The van der Waals surface area contributed by atoms with E-state index in [4.69, 9.17) is 5.26 Å². The average Bonchev–Trinajstić information content (AvgIpc) is 3.23. The van der Waals surface area contributed by atoms with Crippen LogP contribution in [0.5, 0.6) is 0 Å². The maximum atomic E-state index is 12.7. The second kappa shape index (κ2) is 6.03. The van der Waals surface area contributed by atoms with Gasteiger partial charge in [-0.1, -0.05) is 0 Å². The minimum atomic E-state index is -4.46. The summed E-state index contributed by atoms with van der Waals surface area (Å²) in [6.07, 6.45) is -0.919. The number of carbonyl (C=O) groups is 1. The first-order valence-corrected chi connectivity index (χ1v) is 7.38. The molecule has 1 aliphatic heterocycles. The maximum Gasteiger partial charge on any atom is 0.432 e. The lowest BCUT2D eigenvalue weighted by Crippen LogP contribution is -2.39. The van der Waals surface area contributed by atoms with Crippen LogP contribution in [0, 0.1) is 11.3 Å². The Morgan fingerprint density at radius 2 is 2.25 bits per heavy atom. The molecule has 1 saturated heterocycles. The fourth-order valence-corrected chi connectivity index (χ4v) is 2.83. The van der Waals surface area contributed by atoms with Gasteiger partial charge in [-0.25, -0.2) is 4.98 Å². The minimum Gasteiger partial charge on any atom is -0.356 e. The molecule has 126 valence electrons. The van der Waals surface area contributed by atoms with E-state index in [0.29, 0.717) is 30.6 Å². The Balaban J connectivity index is 1.73. The molecule has 1 aliphatic rings. The smallest absolute Gasteiger partial charge is 0.356 e. The number of piperidine rings is 1. The summed E-state index contributed by atoms with van der Waals surface area (Å²) < 4.78 is 38.0. The van der Waals surface area contributed by atoms with Gasteiger partial charge in [0.15, 0.2) is 0 Å². The molecule has 9 heteroatoms. The summed E-state index contributed by atoms with van der Waals surface area (Å²) in [4.78, 5) is 22.9. The number of halogens is 3. The number of hydrogen-bond donors (Lipinski definition) is 2. The molecular formula is C15H14F3N5O. The van der Waals surface area contributed by atoms with Crippen molar-refractivity contribution in [3.05, 3.63) is 41.2 Å². The van der Waals surface area contributed by atoms with Gasteiger partial charge in [-0.15, -0.1) is 0 Å². The molecule has 0 spiro atoms. The van der Waals surface area contributed by atoms with Crippen molar-refractivity contribution in [3.8, 4) is 6.07 Å². The monoisotopic (exact) mass is 337 g/mol. The van der Waals surface area contributed by atoms with E-state index in [-0.39, 0.29) is 24.2 Å². The molecule has 0 saturated carbocycles. The van der Waals surface area contributed by atoms with Crippen molar-refractivity contribution >= 4 is 5.91 Å². The van der Waals surface area contributed by atoms with Crippen LogP contribution in [0.15, 0.2) is 18.5 Å². The Morgan fingerprint density at radius 3 is 2.88 bits per heavy atom. The molecule has 1 atom stereocenters. The van der Waals surface area contributed by atoms with Crippen LogP contribution in [0.4, 0.5) is 13.2 Å². The zero-order chi connectivity index (χ0) is 17.3. The molecule has 0 radical (unpaired) electrons. The van der Waals surface area contributed by atoms with Crippen molar-refractivity contribution in [2.75, 3.05) is 13.1 Å². The normalized spacial score (nSPS) is 18.4. The highest BCUT2D eigenvalue weighted by atomic mass is 19.4. The molecule has 1 amide bonds. The predicted molar refractivity (Wildman–Crippen MR) is 77.0 cm³/mol. The van der Waals surface area contributed by atoms with Gasteiger partial charge in [0.25, 0.3) is 5.91 Å². The van der Waals surface area contributed by atoms with Crippen LogP contribution in [0.2, 0.25) is 0 Å². The molecular weight excluding hydrogens is 323 g/mol. The number of imidazole rings is 1. The second-order valence-electron chi connectivity index (χ2n) is 5.68. The number of alkyl halides is 3. The number of aromatic amines is 2. The van der Waals surface area contributed by atoms with Gasteiger partial charge >= 0.3 is 6.18 Å². The standard InChI is InChI=1S/C15H14F3N5O/c16-15(17,18)12-7-21-13(22-12)10-2-1-3-23(8-10)14(24)11-4-9(5-19)6-20-11/h4,6-7,10,20H,1-3,8H2,(H,21,22)/t10-/m1/s1. The number of nitrogens with one attached hydrogen (secondary N) is 2. The van der Waals surface area contributed by atoms with E-state index in [9.17, 15) is 18.0 Å². The molecule has 0 aromatic carbocycles. The van der Waals surface area contributed by atoms with E-state index < -0.39 is 11.9 Å². The Labute approximate surface area is 135 Å². The van der Waals surface area contributed by atoms with E-state index in [1.54, 1.807) is 4.90 Å². The van der Waals surface area contributed by atoms with Crippen molar-refractivity contribution in [2.24, 2.45) is 0 Å². The van der Waals surface area contributed by atoms with Crippen LogP contribution in [-0.2, 0) is 6.18 Å². The quantitative estimate of drug-likeness (QED) is 0.883. The van der Waals surface area contributed by atoms with Crippen LogP contribution in [0.25, 0.3) is 0 Å². The molecule has 2 N–H and O–H groups in total. The Kier molecular flexibility index (Phi) is 4.05. The number of aromatic nitrogens is 3. The third kappa shape index (κ3) is 3.13. The summed E-state index contributed by atoms with van der Waals surface area (Å²) in [5.74, 6) is -0.308. The predicted octanol–water partition coefficient (Wildman–Crippen LogP) is 2.65. The summed E-state index contributed by atoms with van der Waals surface area (Å²) in [7, 11) is 0. The average molecular weight is 337 g/mol. The van der Waals surface area contributed by atoms with Gasteiger partial charge in [0, 0.05) is 25.2 Å². The third-order valence-corrected chi connectivity index (χ3v) is 4.04. The molecule has 24 heavy (non-hydrogen) atoms. The number of carbonyl (C=O) groups excluding carboxylic acids is 1. The van der Waals surface area contributed by atoms with Gasteiger partial charge in [-0.05, 0) is 18.9 Å². The number of H-pyrrole nitrogens is 2. The molecule has 1 fully saturated rings. The first-order chi connectivity index (χ1) is 11.4. The highest BCUT2D eigenvalue weighted by Crippen LogP contribution is 2.31. The fourth-order valence-electron chi connectivity index (χ4n) is 2.83. The number of likely N-dealkylation sites (tertiary alicyclic amines) is 1. The van der Waals surface area contributed by atoms with Crippen molar-refractivity contribution in [1.82, 2.24) is 19.9 Å². The highest BCUT2D eigenvalue weighted by Gasteiger charge is 2.35. The molecule has 0 aliphatic carbocycles. The van der Waals surface area contributed by atoms with Gasteiger partial charge in [-0.3, -0.25) is 4.79 Å². The van der Waals surface area contributed by atoms with E-state index in [0.717, 1.165) is 6.20 Å². The molecule has 0 unspecified atom stereocenters. The topological polar surface area (TPSA) is 88.6 Å². The fraction of sp³-hybridized carbons (Fsp3) is 0.400. The summed E-state index contributed by atoms with van der Waals surface area (Å²) in [5.41, 5.74) is -0.237. The highest BCUT2D eigenvalue weighted by molar-refractivity contribution is 5.93. The van der Waals surface area contributed by atoms with Crippen molar-refractivity contribution in [3.63, 3.8) is 0 Å². The largest absolute Gasteiger partial charge is 0.432 e. The summed E-state index contributed by atoms with van der Waals surface area (Å²) >= 11 is 0. The van der Waals surface area contributed by atoms with Gasteiger partial charge in [0.2, 0.25) is 0 Å². The maximum absolute atomic E-state index is 12.7. The van der Waals surface area contributed by atoms with Gasteiger partial charge in [0.05, 0.1) is 11.8 Å². The Hall–Kier alpha value is -2.76. The van der Waals surface area contributed by atoms with E-state index in [1.807, 2.05) is 6.07 Å². The number of nitrogens with zero attached hydrogens (tertiary/aromatic N) is 3. The van der Waals surface area contributed by atoms with Crippen LogP contribution in [0.3, 0.4) is 0 Å². The second-order valence-corrected chi connectivity index (χ2v) is 5.68. The lowest BCUT2D eigenvalue weighted by molar-refractivity contribution is -0.141. The number of hydrogen-bond acceptors (Lipinski definition) is 3. The molecule has 2 aromatic rings. The van der Waals surface area contributed by atoms with E-state index in [1.165, 1.54) is 12.3 Å². The molecule has 2 aromatic heterocycles. The van der Waals surface area contributed by atoms with Gasteiger partial charge in [-0.2, -0.15) is 18.4 Å². The minimum absolute atomic E-state index is 0.240. The van der Waals surface area contributed by atoms with Crippen LogP contribution in [0.1, 0.15) is 46.3 Å². The molecule has 6 nitrogen and oxygen atoms in total. The summed E-state index contributed by atoms with van der Waals surface area (Å²) in [6, 6.07) is 3.39. The lowest BCUT2D eigenvalue weighted by atomic mass is 9.97. The third-order valence-electron chi connectivity index (χ3n) is 4.04. The first-order valence-electron chi connectivity index (χ1n) is 7.38. The summed E-state index contributed by atoms with van der Waals surface area (Å²) in [5, 5.41) is 8.80. The van der Waals surface area contributed by atoms with Crippen LogP contribution >= 0.6 is 0 Å². The molecule has 0 bridgehead atoms. The number of rotatable bonds is 2. The van der Waals surface area contributed by atoms with Crippen molar-refractivity contribution < 1.29 is 18.0 Å². The van der Waals surface area contributed by atoms with E-state index >= 15 is 0 Å². The number of amides is 1. The first kappa shape index (κ1) is 16.1. The zero-order valence-electron chi connectivity index (χ0n) is 12.5. The molecule has 3 heterocycles. The SMILES string of the molecule is N#Cc1c[nH]c(C(=O)N2CCC[C@@H](c3ncc(C(F)(F)F)[nH]3)C2)c1. The van der Waals surface area contributed by atoms with Crippen LogP contribution in [-0.4, -0.2) is 38.8 Å². The lowest BCUT2D eigenvalue weighted by Gasteiger charge is -2.31. The van der Waals surface area contributed by atoms with Crippen molar-refractivity contribution in [1.29, 1.82) is 5.26 Å². The van der Waals surface area contributed by atoms with E-state index in [2.05, 4.69) is 15.0 Å². The summed E-state index contributed by atoms with van der Waals surface area (Å²) in [6.45, 7) is 0.799. The van der Waals surface area contributed by atoms with Gasteiger partial charge in [0.1, 0.15) is 23.3 Å². The van der Waals surface area contributed by atoms with Crippen LogP contribution < -0.4 is 0 Å². The number of nitriles is 1. The Morgan fingerprint density at radius 1 is 1.46 bits per heavy atom. The van der Waals surface area contributed by atoms with Crippen molar-refractivity contribution in [2.45, 2.75) is 24.9 Å². The molecule has 3 rings (SSSR count). The zero-order valence-corrected chi connectivity index (χ0v) is 12.5. The Bertz CT molecular complexity index is 786. The van der Waals surface area contributed by atoms with Gasteiger partial charge < -0.3 is 14.9 Å².